The van der Waals surface area contributed by atoms with E-state index in [1.165, 1.54) is 89.9 Å². The molecule has 0 aromatic heterocycles. The molecular weight excluding hydrogens is 1070 g/mol. The molecule has 2 heteroatoms. The van der Waals surface area contributed by atoms with E-state index in [1.807, 2.05) is 0 Å². The lowest BCUT2D eigenvalue weighted by molar-refractivity contribution is 0.0782. The molecule has 28 unspecified atom stereocenters. The summed E-state index contributed by atoms with van der Waals surface area (Å²) in [5.41, 5.74) is 1.00. The van der Waals surface area contributed by atoms with Gasteiger partial charge in [-0.25, -0.2) is 0 Å². The minimum Gasteiger partial charge on any atom is -0.0622 e. The second-order valence-corrected chi connectivity index (χ2v) is 32.1. The van der Waals surface area contributed by atoms with Crippen LogP contribution >= 0.6 is 37.2 Å². The minimum atomic E-state index is 0.500. The van der Waals surface area contributed by atoms with Gasteiger partial charge in [-0.1, -0.05) is 230 Å². The zero-order valence-corrected chi connectivity index (χ0v) is 56.1. The lowest BCUT2D eigenvalue weighted by atomic mass is 9.64. The highest BCUT2D eigenvalue weighted by atomic mass is 128. The molecule has 0 spiro atoms. The first-order chi connectivity index (χ1) is 32.5. The van der Waals surface area contributed by atoms with Crippen LogP contribution in [0.25, 0.3) is 0 Å². The Morgan fingerprint density at radius 2 is 0.371 bits per heavy atom. The number of hydrogen-bond acceptors (Lipinski definition) is 0. The molecule has 0 aromatic carbocycles. The Morgan fingerprint density at radius 1 is 0.243 bits per heavy atom. The molecule has 0 saturated heterocycles. The van der Waals surface area contributed by atoms with Crippen LogP contribution in [0.1, 0.15) is 256 Å². The standard InChI is InChI=1S/2C29H52.2C5H12.I2/c2*1-16-12-14-18(3)28-24(20(5)22(7)26(16)28)10-9-11-25-21(6)23(8)27-17(2)13-15-19(4)29(25)27;2*1-5(2,3)4;1-2/h2*16-29H,9-15H2,1-8H3;2*1-4H3;. The number of fused-ring (bicyclic) bond motifs is 4. The summed E-state index contributed by atoms with van der Waals surface area (Å²) in [4.78, 5) is 0. The van der Waals surface area contributed by atoms with E-state index in [0.717, 1.165) is 166 Å². The van der Waals surface area contributed by atoms with Gasteiger partial charge in [0.1, 0.15) is 0 Å². The zero-order chi connectivity index (χ0) is 53.1. The monoisotopic (exact) mass is 1200 g/mol. The normalized spacial score (nSPS) is 49.5. The van der Waals surface area contributed by atoms with E-state index in [0.29, 0.717) is 10.8 Å². The van der Waals surface area contributed by atoms with Gasteiger partial charge in [-0.3, -0.25) is 0 Å². The third kappa shape index (κ3) is 15.4. The fraction of sp³-hybridized carbons (Fsp3) is 1.00. The number of rotatable bonds is 8. The Morgan fingerprint density at radius 3 is 0.514 bits per heavy atom. The second-order valence-electron chi connectivity index (χ2n) is 32.1. The largest absolute Gasteiger partial charge is 0.0622 e. The van der Waals surface area contributed by atoms with Gasteiger partial charge in [-0.2, -0.15) is 0 Å². The molecule has 0 bridgehead atoms. The third-order valence-electron chi connectivity index (χ3n) is 23.9. The Balaban J connectivity index is 0.000000248. The van der Waals surface area contributed by atoms with Gasteiger partial charge in [-0.15, -0.1) is 0 Å². The first-order valence-electron chi connectivity index (χ1n) is 31.6. The van der Waals surface area contributed by atoms with Crippen molar-refractivity contribution >= 4 is 37.2 Å². The van der Waals surface area contributed by atoms with Gasteiger partial charge in [0.05, 0.1) is 0 Å². The SMILES string of the molecule is CC(C)(C)C.CC(C)(C)C.CC1CCC(C)C2C(CCCC3C(C)C(C)C4C(C)CCC(C)C34)C(C)C(C)C12.CC1CCC(C)C2C(CCCC3C(C)C(C)C4C(C)CCC(C)C34)C(C)C(C)C12.II. The van der Waals surface area contributed by atoms with Crippen molar-refractivity contribution in [3.05, 3.63) is 0 Å². The third-order valence-corrected chi connectivity index (χ3v) is 23.9. The van der Waals surface area contributed by atoms with Gasteiger partial charge in [0.25, 0.3) is 0 Å². The summed E-state index contributed by atoms with van der Waals surface area (Å²) in [5, 5.41) is 0. The molecule has 8 aliphatic rings. The van der Waals surface area contributed by atoms with Crippen molar-refractivity contribution in [3.8, 4) is 0 Å². The van der Waals surface area contributed by atoms with Crippen LogP contribution < -0.4 is 0 Å². The molecule has 0 radical (unpaired) electrons. The van der Waals surface area contributed by atoms with Crippen LogP contribution in [0.3, 0.4) is 0 Å². The zero-order valence-electron chi connectivity index (χ0n) is 51.8. The molecule has 8 saturated carbocycles. The fourth-order valence-corrected chi connectivity index (χ4v) is 20.3. The molecule has 0 aliphatic heterocycles. The van der Waals surface area contributed by atoms with Gasteiger partial charge in [0.2, 0.25) is 0 Å². The number of hydrogen-bond donors (Lipinski definition) is 0. The van der Waals surface area contributed by atoms with Crippen LogP contribution in [0.2, 0.25) is 0 Å². The van der Waals surface area contributed by atoms with E-state index >= 15 is 0 Å². The van der Waals surface area contributed by atoms with Crippen LogP contribution in [0.4, 0.5) is 0 Å². The van der Waals surface area contributed by atoms with E-state index < -0.39 is 0 Å². The van der Waals surface area contributed by atoms with Crippen molar-refractivity contribution in [1.82, 2.24) is 0 Å². The maximum Gasteiger partial charge on any atom is 0 e. The molecule has 0 aromatic rings. The van der Waals surface area contributed by atoms with E-state index in [9.17, 15) is 0 Å². The predicted molar refractivity (Wildman–Crippen MR) is 331 cm³/mol. The van der Waals surface area contributed by atoms with Crippen LogP contribution in [0.15, 0.2) is 0 Å². The van der Waals surface area contributed by atoms with Gasteiger partial charge in [-0.05, 0) is 202 Å². The highest BCUT2D eigenvalue weighted by Gasteiger charge is 2.55. The molecule has 70 heavy (non-hydrogen) atoms. The molecule has 0 nitrogen and oxygen atoms in total. The van der Waals surface area contributed by atoms with Crippen molar-refractivity contribution in [3.63, 3.8) is 0 Å². The second kappa shape index (κ2) is 27.4. The Bertz CT molecular complexity index is 1270. The van der Waals surface area contributed by atoms with E-state index in [4.69, 9.17) is 0 Å². The maximum absolute atomic E-state index is 2.62. The minimum absolute atomic E-state index is 0.500. The Labute approximate surface area is 466 Å². The molecular formula is C68H128I2. The quantitative estimate of drug-likeness (QED) is 0.213. The first-order valence-corrected chi connectivity index (χ1v) is 37.9. The fourth-order valence-electron chi connectivity index (χ4n) is 20.3. The van der Waals surface area contributed by atoms with Crippen molar-refractivity contribution in [2.75, 3.05) is 0 Å². The summed E-state index contributed by atoms with van der Waals surface area (Å²) in [7, 11) is 0. The van der Waals surface area contributed by atoms with Gasteiger partial charge in [0.15, 0.2) is 0 Å². The molecule has 0 N–H and O–H groups in total. The highest BCUT2D eigenvalue weighted by molar-refractivity contribution is 15.0. The summed E-state index contributed by atoms with van der Waals surface area (Å²) < 4.78 is 0. The Kier molecular flexibility index (Phi) is 25.0. The van der Waals surface area contributed by atoms with Crippen molar-refractivity contribution in [1.29, 1.82) is 0 Å². The van der Waals surface area contributed by atoms with Gasteiger partial charge in [0, 0.05) is 37.2 Å². The molecule has 0 heterocycles. The molecule has 28 atom stereocenters. The molecule has 8 fully saturated rings. The summed E-state index contributed by atoms with van der Waals surface area (Å²) >= 11 is 4.24. The summed E-state index contributed by atoms with van der Waals surface area (Å²) in [6.45, 7) is 59.1. The maximum atomic E-state index is 2.62. The van der Waals surface area contributed by atoms with Crippen LogP contribution in [0.5, 0.6) is 0 Å². The van der Waals surface area contributed by atoms with E-state index in [-0.39, 0.29) is 0 Å². The number of halogens is 2. The van der Waals surface area contributed by atoms with Crippen LogP contribution in [0, 0.1) is 177 Å². The highest BCUT2D eigenvalue weighted by Crippen LogP contribution is 2.62. The van der Waals surface area contributed by atoms with Crippen LogP contribution in [-0.4, -0.2) is 0 Å². The van der Waals surface area contributed by atoms with Crippen molar-refractivity contribution < 1.29 is 0 Å². The first kappa shape index (κ1) is 64.0. The molecule has 8 rings (SSSR count). The molecule has 414 valence electrons. The van der Waals surface area contributed by atoms with E-state index in [2.05, 4.69) is 203 Å². The molecule has 0 amide bonds. The van der Waals surface area contributed by atoms with E-state index in [1.54, 1.807) is 0 Å². The lowest BCUT2D eigenvalue weighted by Gasteiger charge is -2.41. The van der Waals surface area contributed by atoms with Crippen LogP contribution in [-0.2, 0) is 0 Å². The predicted octanol–water partition coefficient (Wildman–Crippen LogP) is 23.0. The summed E-state index contributed by atoms with van der Waals surface area (Å²) in [5.74, 6) is 27.7. The Hall–Kier alpha value is 1.46. The van der Waals surface area contributed by atoms with Crippen molar-refractivity contribution in [2.45, 2.75) is 256 Å². The summed E-state index contributed by atoms with van der Waals surface area (Å²) in [6.07, 6.45) is 21.1. The molecule has 8 aliphatic carbocycles. The van der Waals surface area contributed by atoms with Gasteiger partial charge >= 0.3 is 0 Å². The average Bonchev–Trinajstić information content (AvgIpc) is 3.89. The summed E-state index contributed by atoms with van der Waals surface area (Å²) in [6, 6.07) is 0. The topological polar surface area (TPSA) is 0 Å². The smallest absolute Gasteiger partial charge is 0 e. The average molecular weight is 1200 g/mol. The lowest BCUT2D eigenvalue weighted by Crippen LogP contribution is -2.34. The van der Waals surface area contributed by atoms with Crippen molar-refractivity contribution in [2.24, 2.45) is 177 Å². The van der Waals surface area contributed by atoms with Gasteiger partial charge < -0.3 is 0 Å².